The van der Waals surface area contributed by atoms with Gasteiger partial charge in [-0.3, -0.25) is 14.4 Å². The zero-order valence-electron chi connectivity index (χ0n) is 17.2. The topological polar surface area (TPSA) is 89.9 Å². The van der Waals surface area contributed by atoms with Crippen LogP contribution in [0, 0.1) is 23.2 Å². The van der Waals surface area contributed by atoms with Crippen molar-refractivity contribution in [2.75, 3.05) is 6.61 Å². The van der Waals surface area contributed by atoms with Crippen LogP contribution >= 0.6 is 0 Å². The first-order chi connectivity index (χ1) is 12.4. The Balaban J connectivity index is 2.63. The van der Waals surface area contributed by atoms with Crippen LogP contribution < -0.4 is 0 Å². The van der Waals surface area contributed by atoms with Gasteiger partial charge in [0.15, 0.2) is 0 Å². The number of rotatable bonds is 7. The fourth-order valence-electron chi connectivity index (χ4n) is 2.96. The van der Waals surface area contributed by atoms with Crippen molar-refractivity contribution in [3.05, 3.63) is 23.8 Å². The van der Waals surface area contributed by atoms with E-state index < -0.39 is 35.8 Å². The SMILES string of the molecule is CC(C)=CC(C(=O)OCC(C)OC(=O)C1CC=CCC1C(=O)O)C(C)(C)C. The summed E-state index contributed by atoms with van der Waals surface area (Å²) in [6.07, 6.45) is 5.45. The van der Waals surface area contributed by atoms with Crippen LogP contribution in [0.3, 0.4) is 0 Å². The van der Waals surface area contributed by atoms with Gasteiger partial charge in [0.25, 0.3) is 0 Å². The smallest absolute Gasteiger partial charge is 0.313 e. The molecule has 0 heterocycles. The standard InChI is InChI=1S/C21H32O6/c1-13(2)11-17(21(4,5)6)20(25)26-12-14(3)27-19(24)16-10-8-7-9-15(16)18(22)23/h7-8,11,14-17H,9-10,12H2,1-6H3,(H,22,23). The number of aliphatic carboxylic acids is 1. The lowest BCUT2D eigenvalue weighted by Crippen LogP contribution is -2.35. The van der Waals surface area contributed by atoms with Gasteiger partial charge in [-0.1, -0.05) is 44.6 Å². The lowest BCUT2D eigenvalue weighted by molar-refractivity contribution is -0.167. The van der Waals surface area contributed by atoms with Crippen LogP contribution in [0.1, 0.15) is 54.4 Å². The van der Waals surface area contributed by atoms with Crippen LogP contribution in [-0.2, 0) is 23.9 Å². The third kappa shape index (κ3) is 7.19. The minimum absolute atomic E-state index is 0.0615. The van der Waals surface area contributed by atoms with Gasteiger partial charge in [0.1, 0.15) is 12.7 Å². The molecule has 0 radical (unpaired) electrons. The van der Waals surface area contributed by atoms with Gasteiger partial charge in [-0.05, 0) is 39.0 Å². The van der Waals surface area contributed by atoms with E-state index >= 15 is 0 Å². The van der Waals surface area contributed by atoms with Gasteiger partial charge in [0.2, 0.25) is 0 Å². The van der Waals surface area contributed by atoms with E-state index in [0.29, 0.717) is 12.8 Å². The molecule has 0 aliphatic heterocycles. The molecule has 6 nitrogen and oxygen atoms in total. The number of hydrogen-bond acceptors (Lipinski definition) is 5. The molecule has 1 aliphatic rings. The van der Waals surface area contributed by atoms with E-state index in [1.165, 1.54) is 0 Å². The molecule has 0 fully saturated rings. The van der Waals surface area contributed by atoms with Crippen LogP contribution in [0.4, 0.5) is 0 Å². The lowest BCUT2D eigenvalue weighted by Gasteiger charge is -2.28. The molecule has 0 aromatic heterocycles. The molecule has 0 saturated heterocycles. The van der Waals surface area contributed by atoms with Crippen molar-refractivity contribution in [3.63, 3.8) is 0 Å². The van der Waals surface area contributed by atoms with Crippen LogP contribution in [0.25, 0.3) is 0 Å². The third-order valence-electron chi connectivity index (χ3n) is 4.52. The van der Waals surface area contributed by atoms with Gasteiger partial charge in [-0.25, -0.2) is 0 Å². The quantitative estimate of drug-likeness (QED) is 0.534. The summed E-state index contributed by atoms with van der Waals surface area (Å²) in [6.45, 7) is 11.3. The van der Waals surface area contributed by atoms with Gasteiger partial charge >= 0.3 is 17.9 Å². The summed E-state index contributed by atoms with van der Waals surface area (Å²) in [7, 11) is 0. The Hall–Kier alpha value is -2.11. The van der Waals surface area contributed by atoms with Crippen LogP contribution in [0.15, 0.2) is 23.8 Å². The van der Waals surface area contributed by atoms with Crippen LogP contribution in [0.5, 0.6) is 0 Å². The minimum atomic E-state index is -1.00. The molecular weight excluding hydrogens is 348 g/mol. The number of hydrogen-bond donors (Lipinski definition) is 1. The molecule has 0 aromatic rings. The largest absolute Gasteiger partial charge is 0.481 e. The maximum atomic E-state index is 12.5. The first-order valence-corrected chi connectivity index (χ1v) is 9.33. The Morgan fingerprint density at radius 3 is 2.19 bits per heavy atom. The van der Waals surface area contributed by atoms with E-state index in [4.69, 9.17) is 9.47 Å². The monoisotopic (exact) mass is 380 g/mol. The van der Waals surface area contributed by atoms with E-state index in [2.05, 4.69) is 0 Å². The van der Waals surface area contributed by atoms with Crippen molar-refractivity contribution in [1.29, 1.82) is 0 Å². The van der Waals surface area contributed by atoms with Crippen molar-refractivity contribution in [2.45, 2.75) is 60.5 Å². The Morgan fingerprint density at radius 2 is 1.70 bits per heavy atom. The zero-order chi connectivity index (χ0) is 20.8. The Kier molecular flexibility index (Phi) is 8.25. The summed E-state index contributed by atoms with van der Waals surface area (Å²) in [4.78, 5) is 36.1. The fraction of sp³-hybridized carbons (Fsp3) is 0.667. The third-order valence-corrected chi connectivity index (χ3v) is 4.52. The highest BCUT2D eigenvalue weighted by Gasteiger charge is 2.36. The van der Waals surface area contributed by atoms with Crippen molar-refractivity contribution < 1.29 is 29.0 Å². The minimum Gasteiger partial charge on any atom is -0.481 e. The van der Waals surface area contributed by atoms with E-state index in [9.17, 15) is 19.5 Å². The highest BCUT2D eigenvalue weighted by Crippen LogP contribution is 2.30. The molecule has 1 rings (SSSR count). The Bertz CT molecular complexity index is 607. The summed E-state index contributed by atoms with van der Waals surface area (Å²) in [5.41, 5.74) is 0.730. The van der Waals surface area contributed by atoms with Gasteiger partial charge in [0.05, 0.1) is 17.8 Å². The number of carbonyl (C=O) groups excluding carboxylic acids is 2. The number of esters is 2. The van der Waals surface area contributed by atoms with Gasteiger partial charge < -0.3 is 14.6 Å². The summed E-state index contributed by atoms with van der Waals surface area (Å²) in [6, 6.07) is 0. The molecular formula is C21H32O6. The Labute approximate surface area is 161 Å². The summed E-state index contributed by atoms with van der Waals surface area (Å²) in [5, 5.41) is 9.26. The molecule has 4 unspecified atom stereocenters. The van der Waals surface area contributed by atoms with Crippen molar-refractivity contribution in [1.82, 2.24) is 0 Å². The van der Waals surface area contributed by atoms with E-state index in [1.54, 1.807) is 19.1 Å². The molecule has 0 bridgehead atoms. The summed E-state index contributed by atoms with van der Waals surface area (Å²) in [5.74, 6) is -3.82. The second kappa shape index (κ2) is 9.72. The van der Waals surface area contributed by atoms with Gasteiger partial charge in [-0.2, -0.15) is 0 Å². The Morgan fingerprint density at radius 1 is 1.15 bits per heavy atom. The van der Waals surface area contributed by atoms with Crippen LogP contribution in [0.2, 0.25) is 0 Å². The maximum absolute atomic E-state index is 12.5. The molecule has 152 valence electrons. The second-order valence-electron chi connectivity index (χ2n) is 8.46. The normalized spacial score (nSPS) is 21.7. The number of carbonyl (C=O) groups is 3. The molecule has 0 aromatic carbocycles. The zero-order valence-corrected chi connectivity index (χ0v) is 17.2. The van der Waals surface area contributed by atoms with Crippen LogP contribution in [-0.4, -0.2) is 35.7 Å². The predicted molar refractivity (Wildman–Crippen MR) is 102 cm³/mol. The van der Waals surface area contributed by atoms with E-state index in [1.807, 2.05) is 40.7 Å². The van der Waals surface area contributed by atoms with Gasteiger partial charge in [0, 0.05) is 0 Å². The van der Waals surface area contributed by atoms with Crippen molar-refractivity contribution in [2.24, 2.45) is 23.2 Å². The molecule has 6 heteroatoms. The molecule has 4 atom stereocenters. The number of carboxylic acid groups (broad SMARTS) is 1. The molecule has 0 spiro atoms. The summed E-state index contributed by atoms with van der Waals surface area (Å²) >= 11 is 0. The lowest BCUT2D eigenvalue weighted by atomic mass is 9.80. The predicted octanol–water partition coefficient (Wildman–Crippen LogP) is 3.76. The highest BCUT2D eigenvalue weighted by molar-refractivity contribution is 5.82. The average Bonchev–Trinajstić information content (AvgIpc) is 2.56. The molecule has 27 heavy (non-hydrogen) atoms. The van der Waals surface area contributed by atoms with Crippen molar-refractivity contribution >= 4 is 17.9 Å². The maximum Gasteiger partial charge on any atom is 0.313 e. The number of carboxylic acids is 1. The second-order valence-corrected chi connectivity index (χ2v) is 8.46. The van der Waals surface area contributed by atoms with Crippen molar-refractivity contribution in [3.8, 4) is 0 Å². The molecule has 0 saturated carbocycles. The van der Waals surface area contributed by atoms with E-state index in [0.717, 1.165) is 5.57 Å². The first kappa shape index (κ1) is 22.9. The average molecular weight is 380 g/mol. The fourth-order valence-corrected chi connectivity index (χ4v) is 2.96. The molecule has 1 aliphatic carbocycles. The van der Waals surface area contributed by atoms with Gasteiger partial charge in [-0.15, -0.1) is 0 Å². The summed E-state index contributed by atoms with van der Waals surface area (Å²) < 4.78 is 10.7. The van der Waals surface area contributed by atoms with E-state index in [-0.39, 0.29) is 18.0 Å². The molecule has 0 amide bonds. The number of ether oxygens (including phenoxy) is 2. The molecule has 1 N–H and O–H groups in total. The number of allylic oxidation sites excluding steroid dienone is 3. The highest BCUT2D eigenvalue weighted by atomic mass is 16.6. The first-order valence-electron chi connectivity index (χ1n) is 9.33.